The predicted molar refractivity (Wildman–Crippen MR) is 139 cm³/mol. The van der Waals surface area contributed by atoms with Gasteiger partial charge in [0.15, 0.2) is 0 Å². The molecular weight excluding hydrogens is 565 g/mol. The maximum absolute atomic E-state index is 13.4. The smallest absolute Gasteiger partial charge is 0.333 e. The summed E-state index contributed by atoms with van der Waals surface area (Å²) in [6.45, 7) is -0.411. The van der Waals surface area contributed by atoms with Gasteiger partial charge in [-0.15, -0.1) is 11.3 Å². The number of nitrogens with zero attached hydrogens (tertiary/aromatic N) is 2. The van der Waals surface area contributed by atoms with E-state index in [9.17, 15) is 23.4 Å². The van der Waals surface area contributed by atoms with Gasteiger partial charge in [-0.1, -0.05) is 35.3 Å². The molecule has 0 radical (unpaired) electrons. The van der Waals surface area contributed by atoms with Gasteiger partial charge in [0.2, 0.25) is 5.78 Å². The van der Waals surface area contributed by atoms with Gasteiger partial charge < -0.3 is 21.3 Å². The van der Waals surface area contributed by atoms with E-state index in [4.69, 9.17) is 34.1 Å². The van der Waals surface area contributed by atoms with Crippen LogP contribution in [0.1, 0.15) is 38.8 Å². The number of carbonyl (C=O) groups is 1. The number of halogens is 2. The van der Waals surface area contributed by atoms with Crippen LogP contribution in [0.25, 0.3) is 0 Å². The Labute approximate surface area is 226 Å². The van der Waals surface area contributed by atoms with Crippen LogP contribution in [0.5, 0.6) is 0 Å². The van der Waals surface area contributed by atoms with E-state index in [0.717, 1.165) is 16.9 Å². The monoisotopic (exact) mass is 587 g/mol. The Bertz CT molecular complexity index is 1410. The third kappa shape index (κ3) is 6.28. The van der Waals surface area contributed by atoms with E-state index >= 15 is 0 Å². The molecule has 11 nitrogen and oxygen atoms in total. The molecule has 1 aliphatic carbocycles. The summed E-state index contributed by atoms with van der Waals surface area (Å²) in [5.41, 5.74) is 7.74. The largest absolute Gasteiger partial charge is 0.390 e. The summed E-state index contributed by atoms with van der Waals surface area (Å²) < 4.78 is 26.7. The maximum atomic E-state index is 13.4. The number of benzene rings is 1. The number of nitrogens with two attached hydrogens (primary N) is 2. The zero-order valence-corrected chi connectivity index (χ0v) is 22.1. The van der Waals surface area contributed by atoms with Crippen LogP contribution in [0.15, 0.2) is 42.2 Å². The maximum Gasteiger partial charge on any atom is 0.333 e. The summed E-state index contributed by atoms with van der Waals surface area (Å²) in [4.78, 5) is 21.7. The average Bonchev–Trinajstić information content (AvgIpc) is 3.36. The van der Waals surface area contributed by atoms with Crippen LogP contribution in [-0.4, -0.2) is 59.2 Å². The Kier molecular flexibility index (Phi) is 8.48. The molecule has 1 aromatic carbocycles. The lowest BCUT2D eigenvalue weighted by atomic mass is 10.0. The van der Waals surface area contributed by atoms with E-state index in [1.54, 1.807) is 23.6 Å². The number of aromatic nitrogens is 2. The molecular formula is C22H23Cl2N5O6S2. The van der Waals surface area contributed by atoms with Gasteiger partial charge in [0, 0.05) is 22.7 Å². The minimum atomic E-state index is -4.21. The number of aliphatic hydroxyl groups is 2. The van der Waals surface area contributed by atoms with Crippen molar-refractivity contribution >= 4 is 56.4 Å². The Morgan fingerprint density at radius 1 is 1.30 bits per heavy atom. The lowest BCUT2D eigenvalue weighted by Crippen LogP contribution is -2.36. The van der Waals surface area contributed by atoms with Gasteiger partial charge in [-0.2, -0.15) is 8.42 Å². The standard InChI is InChI=1S/C22H23Cl2N5O6S2/c23-12-3-1-2-10(4-12)17(25)14-8-36-21(16(14)24)19(31)13-6-27-9-28-22(13)29-15-5-11(18(30)20(15)32)7-35-37(26,33)34/h1-4,6,8-9,11,15,17-18,20,30,32H,5,7,25H2,(H2,26,33,34)(H,27,28,29)/t11-,15-,17-,18-,20+/m1/s1. The van der Waals surface area contributed by atoms with Crippen molar-refractivity contribution in [2.45, 2.75) is 30.7 Å². The molecule has 0 saturated heterocycles. The van der Waals surface area contributed by atoms with Crippen molar-refractivity contribution in [3.05, 3.63) is 73.8 Å². The molecule has 0 unspecified atom stereocenters. The van der Waals surface area contributed by atoms with Gasteiger partial charge in [-0.25, -0.2) is 15.1 Å². The molecule has 4 rings (SSSR count). The Morgan fingerprint density at radius 2 is 2.05 bits per heavy atom. The molecule has 3 aromatic rings. The van der Waals surface area contributed by atoms with E-state index in [0.29, 0.717) is 10.6 Å². The van der Waals surface area contributed by atoms with Crippen molar-refractivity contribution in [2.75, 3.05) is 11.9 Å². The molecule has 198 valence electrons. The van der Waals surface area contributed by atoms with Crippen LogP contribution >= 0.6 is 34.5 Å². The molecule has 1 aliphatic rings. The molecule has 5 atom stereocenters. The first kappa shape index (κ1) is 27.8. The molecule has 1 saturated carbocycles. The molecule has 1 fully saturated rings. The number of anilines is 1. The Balaban J connectivity index is 1.54. The second-order valence-corrected chi connectivity index (χ2v) is 11.4. The summed E-state index contributed by atoms with van der Waals surface area (Å²) in [6, 6.07) is 5.64. The van der Waals surface area contributed by atoms with Gasteiger partial charge in [-0.3, -0.25) is 8.98 Å². The quantitative estimate of drug-likeness (QED) is 0.231. The lowest BCUT2D eigenvalue weighted by molar-refractivity contribution is 0.00778. The van der Waals surface area contributed by atoms with Crippen molar-refractivity contribution in [2.24, 2.45) is 16.8 Å². The number of hydrogen-bond donors (Lipinski definition) is 5. The molecule has 0 amide bonds. The second kappa shape index (κ2) is 11.3. The summed E-state index contributed by atoms with van der Waals surface area (Å²) in [5.74, 6) is -1.09. The van der Waals surface area contributed by atoms with Crippen LogP contribution in [-0.2, 0) is 14.5 Å². The fourth-order valence-electron chi connectivity index (χ4n) is 4.12. The molecule has 7 N–H and O–H groups in total. The van der Waals surface area contributed by atoms with Crippen LogP contribution in [0.2, 0.25) is 10.0 Å². The first-order chi connectivity index (χ1) is 17.5. The van der Waals surface area contributed by atoms with Crippen molar-refractivity contribution in [3.8, 4) is 0 Å². The third-order valence-electron chi connectivity index (χ3n) is 6.03. The summed E-state index contributed by atoms with van der Waals surface area (Å²) in [7, 11) is -4.21. The topological polar surface area (TPSA) is 191 Å². The molecule has 2 aromatic heterocycles. The fourth-order valence-corrected chi connectivity index (χ4v) is 6.09. The van der Waals surface area contributed by atoms with Crippen molar-refractivity contribution in [1.29, 1.82) is 0 Å². The average molecular weight is 588 g/mol. The van der Waals surface area contributed by atoms with E-state index in [-0.39, 0.29) is 27.7 Å². The van der Waals surface area contributed by atoms with Crippen molar-refractivity contribution in [1.82, 2.24) is 9.97 Å². The Hall–Kier alpha value is -2.20. The van der Waals surface area contributed by atoms with E-state index < -0.39 is 52.9 Å². The molecule has 2 heterocycles. The predicted octanol–water partition coefficient (Wildman–Crippen LogP) is 1.87. The highest BCUT2D eigenvalue weighted by molar-refractivity contribution is 7.84. The van der Waals surface area contributed by atoms with E-state index in [1.165, 1.54) is 12.5 Å². The van der Waals surface area contributed by atoms with Gasteiger partial charge in [0.05, 0.1) is 40.3 Å². The number of carbonyl (C=O) groups excluding carboxylic acids is 1. The van der Waals surface area contributed by atoms with Crippen LogP contribution < -0.4 is 16.2 Å². The highest BCUT2D eigenvalue weighted by Gasteiger charge is 2.42. The number of ketones is 1. The minimum Gasteiger partial charge on any atom is -0.390 e. The van der Waals surface area contributed by atoms with Crippen LogP contribution in [0.3, 0.4) is 0 Å². The summed E-state index contributed by atoms with van der Waals surface area (Å²) in [6.07, 6.45) is 0.0640. The lowest BCUT2D eigenvalue weighted by Gasteiger charge is -2.19. The normalized spacial score (nSPS) is 22.6. The molecule has 0 aliphatic heterocycles. The fraction of sp³-hybridized carbons (Fsp3) is 0.318. The number of nitrogens with one attached hydrogen (secondary N) is 1. The summed E-state index contributed by atoms with van der Waals surface area (Å²) >= 11 is 13.8. The molecule has 15 heteroatoms. The zero-order chi connectivity index (χ0) is 26.9. The minimum absolute atomic E-state index is 0.0834. The highest BCUT2D eigenvalue weighted by atomic mass is 35.5. The second-order valence-electron chi connectivity index (χ2n) is 8.49. The van der Waals surface area contributed by atoms with Gasteiger partial charge >= 0.3 is 10.3 Å². The highest BCUT2D eigenvalue weighted by Crippen LogP contribution is 2.37. The van der Waals surface area contributed by atoms with Crippen LogP contribution in [0.4, 0.5) is 5.82 Å². The van der Waals surface area contributed by atoms with Gasteiger partial charge in [0.25, 0.3) is 0 Å². The number of rotatable bonds is 9. The number of aliphatic hydroxyl groups excluding tert-OH is 2. The van der Waals surface area contributed by atoms with Gasteiger partial charge in [0.1, 0.15) is 18.2 Å². The zero-order valence-electron chi connectivity index (χ0n) is 19.0. The van der Waals surface area contributed by atoms with Crippen LogP contribution in [0, 0.1) is 5.92 Å². The first-order valence-corrected chi connectivity index (χ1v) is 14.0. The molecule has 37 heavy (non-hydrogen) atoms. The van der Waals surface area contributed by atoms with Crippen molar-refractivity contribution in [3.63, 3.8) is 0 Å². The molecule has 0 bridgehead atoms. The SMILES string of the molecule is N[C@H](c1cccc(Cl)c1)c1csc(C(=O)c2cncnc2N[C@@H]2C[C@H](COS(N)(=O)=O)[C@@H](O)[C@H]2O)c1Cl. The third-order valence-corrected chi connectivity index (χ3v) is 8.25. The number of thiophene rings is 1. The molecule has 0 spiro atoms. The number of hydrogen-bond acceptors (Lipinski definition) is 11. The first-order valence-electron chi connectivity index (χ1n) is 10.9. The van der Waals surface area contributed by atoms with Crippen molar-refractivity contribution < 1.29 is 27.6 Å². The van der Waals surface area contributed by atoms with Gasteiger partial charge in [-0.05, 0) is 29.5 Å². The Morgan fingerprint density at radius 3 is 2.76 bits per heavy atom. The summed E-state index contributed by atoms with van der Waals surface area (Å²) in [5, 5.41) is 31.0. The van der Waals surface area contributed by atoms with E-state index in [2.05, 4.69) is 19.5 Å². The van der Waals surface area contributed by atoms with E-state index in [1.807, 2.05) is 6.07 Å².